The van der Waals surface area contributed by atoms with Gasteiger partial charge >= 0.3 is 0 Å². The summed E-state index contributed by atoms with van der Waals surface area (Å²) >= 11 is 11.2. The van der Waals surface area contributed by atoms with Gasteiger partial charge in [0.2, 0.25) is 0 Å². The van der Waals surface area contributed by atoms with Crippen LogP contribution in [0.1, 0.15) is 33.2 Å². The molecule has 98 valence electrons. The van der Waals surface area contributed by atoms with E-state index in [-0.39, 0.29) is 11.1 Å². The van der Waals surface area contributed by atoms with Crippen LogP contribution in [0.3, 0.4) is 0 Å². The Kier molecular flexibility index (Phi) is 3.78. The lowest BCUT2D eigenvalue weighted by Crippen LogP contribution is -2.08. The molecule has 0 bridgehead atoms. The van der Waals surface area contributed by atoms with Gasteiger partial charge in [-0.2, -0.15) is 0 Å². The van der Waals surface area contributed by atoms with Crippen LogP contribution in [0, 0.1) is 16.5 Å². The van der Waals surface area contributed by atoms with Crippen molar-refractivity contribution < 1.29 is 4.39 Å². The van der Waals surface area contributed by atoms with E-state index in [1.807, 2.05) is 4.57 Å². The quantitative estimate of drug-likeness (QED) is 0.779. The summed E-state index contributed by atoms with van der Waals surface area (Å²) in [5, 5.41) is 0.127. The minimum atomic E-state index is -0.427. The fourth-order valence-electron chi connectivity index (χ4n) is 2.35. The summed E-state index contributed by atoms with van der Waals surface area (Å²) in [6.07, 6.45) is 1.01. The second kappa shape index (κ2) is 5.02. The van der Waals surface area contributed by atoms with Gasteiger partial charge < -0.3 is 9.55 Å². The highest BCUT2D eigenvalue weighted by Crippen LogP contribution is 2.27. The smallest absolute Gasteiger partial charge is 0.178 e. The summed E-state index contributed by atoms with van der Waals surface area (Å²) in [6.45, 7) is 6.45. The molecule has 1 atom stereocenters. The van der Waals surface area contributed by atoms with Gasteiger partial charge in [0.25, 0.3) is 0 Å². The van der Waals surface area contributed by atoms with E-state index in [1.54, 1.807) is 6.07 Å². The van der Waals surface area contributed by atoms with Crippen LogP contribution in [0.4, 0.5) is 4.39 Å². The second-order valence-electron chi connectivity index (χ2n) is 5.06. The Morgan fingerprint density at radius 1 is 1.39 bits per heavy atom. The molecule has 0 saturated heterocycles. The van der Waals surface area contributed by atoms with Gasteiger partial charge in [0, 0.05) is 12.1 Å². The fraction of sp³-hybridized carbons (Fsp3) is 0.462. The zero-order valence-corrected chi connectivity index (χ0v) is 12.2. The summed E-state index contributed by atoms with van der Waals surface area (Å²) < 4.78 is 16.0. The SMILES string of the molecule is CC(C)CC(C)n1c(=S)[nH]c2cc(F)c(Cl)cc21. The molecule has 0 aliphatic carbocycles. The predicted octanol–water partition coefficient (Wildman–Crippen LogP) is 5.10. The van der Waals surface area contributed by atoms with Crippen molar-refractivity contribution in [3.05, 3.63) is 27.7 Å². The first kappa shape index (κ1) is 13.6. The Labute approximate surface area is 116 Å². The van der Waals surface area contributed by atoms with Gasteiger partial charge in [-0.05, 0) is 37.5 Å². The molecule has 18 heavy (non-hydrogen) atoms. The molecule has 2 nitrogen and oxygen atoms in total. The third-order valence-corrected chi connectivity index (χ3v) is 3.60. The van der Waals surface area contributed by atoms with Crippen LogP contribution in [0.2, 0.25) is 5.02 Å². The molecule has 1 N–H and O–H groups in total. The summed E-state index contributed by atoms with van der Waals surface area (Å²) in [5.41, 5.74) is 1.55. The van der Waals surface area contributed by atoms with Crippen molar-refractivity contribution in [3.63, 3.8) is 0 Å². The number of H-pyrrole nitrogens is 1. The van der Waals surface area contributed by atoms with Crippen LogP contribution < -0.4 is 0 Å². The van der Waals surface area contributed by atoms with Crippen LogP contribution in [-0.2, 0) is 0 Å². The number of imidazole rings is 1. The van der Waals surface area contributed by atoms with E-state index in [4.69, 9.17) is 23.8 Å². The summed E-state index contributed by atoms with van der Waals surface area (Å²) in [6, 6.07) is 3.29. The number of rotatable bonds is 3. The van der Waals surface area contributed by atoms with Crippen LogP contribution in [-0.4, -0.2) is 9.55 Å². The van der Waals surface area contributed by atoms with Gasteiger partial charge in [-0.3, -0.25) is 0 Å². The molecule has 0 fully saturated rings. The molecule has 1 aromatic carbocycles. The van der Waals surface area contributed by atoms with Gasteiger partial charge in [0.1, 0.15) is 5.82 Å². The number of hydrogen-bond acceptors (Lipinski definition) is 1. The monoisotopic (exact) mass is 286 g/mol. The predicted molar refractivity (Wildman–Crippen MR) is 76.3 cm³/mol. The first-order valence-electron chi connectivity index (χ1n) is 5.99. The van der Waals surface area contributed by atoms with Gasteiger partial charge in [-0.1, -0.05) is 25.4 Å². The molecule has 0 saturated carbocycles. The molecule has 0 aliphatic heterocycles. The molecule has 0 radical (unpaired) electrons. The topological polar surface area (TPSA) is 20.7 Å². The van der Waals surface area contributed by atoms with E-state index in [9.17, 15) is 4.39 Å². The highest BCUT2D eigenvalue weighted by atomic mass is 35.5. The van der Waals surface area contributed by atoms with Crippen molar-refractivity contribution in [1.29, 1.82) is 0 Å². The molecule has 5 heteroatoms. The number of aromatic nitrogens is 2. The third kappa shape index (κ3) is 2.45. The highest BCUT2D eigenvalue weighted by molar-refractivity contribution is 7.71. The van der Waals surface area contributed by atoms with Gasteiger partial charge in [-0.25, -0.2) is 4.39 Å². The molecular weight excluding hydrogens is 271 g/mol. The Balaban J connectivity index is 2.60. The minimum Gasteiger partial charge on any atom is -0.330 e. The molecule has 1 aromatic heterocycles. The van der Waals surface area contributed by atoms with Gasteiger partial charge in [0.15, 0.2) is 4.77 Å². The largest absolute Gasteiger partial charge is 0.330 e. The molecule has 2 rings (SSSR count). The fourth-order valence-corrected chi connectivity index (χ4v) is 2.89. The summed E-state index contributed by atoms with van der Waals surface area (Å²) in [5.74, 6) is 0.145. The second-order valence-corrected chi connectivity index (χ2v) is 5.86. The van der Waals surface area contributed by atoms with Crippen molar-refractivity contribution in [2.24, 2.45) is 5.92 Å². The van der Waals surface area contributed by atoms with E-state index in [0.717, 1.165) is 11.9 Å². The Morgan fingerprint density at radius 2 is 2.06 bits per heavy atom. The normalized spacial score (nSPS) is 13.4. The van der Waals surface area contributed by atoms with E-state index in [2.05, 4.69) is 25.8 Å². The Bertz CT molecular complexity index is 630. The molecule has 0 spiro atoms. The maximum absolute atomic E-state index is 13.4. The Hall–Kier alpha value is -0.870. The number of nitrogens with zero attached hydrogens (tertiary/aromatic N) is 1. The van der Waals surface area contributed by atoms with Crippen molar-refractivity contribution in [2.45, 2.75) is 33.2 Å². The number of benzene rings is 1. The molecular formula is C13H16ClFN2S. The van der Waals surface area contributed by atoms with Gasteiger partial charge in [0.05, 0.1) is 16.1 Å². The van der Waals surface area contributed by atoms with Crippen molar-refractivity contribution >= 4 is 34.9 Å². The van der Waals surface area contributed by atoms with Crippen molar-refractivity contribution in [2.75, 3.05) is 0 Å². The lowest BCUT2D eigenvalue weighted by molar-refractivity contribution is 0.432. The number of hydrogen-bond donors (Lipinski definition) is 1. The van der Waals surface area contributed by atoms with Crippen molar-refractivity contribution in [1.82, 2.24) is 9.55 Å². The van der Waals surface area contributed by atoms with Gasteiger partial charge in [-0.15, -0.1) is 0 Å². The molecule has 1 unspecified atom stereocenters. The minimum absolute atomic E-state index is 0.127. The van der Waals surface area contributed by atoms with E-state index in [0.29, 0.717) is 16.2 Å². The zero-order chi connectivity index (χ0) is 13.4. The maximum Gasteiger partial charge on any atom is 0.178 e. The molecule has 1 heterocycles. The van der Waals surface area contributed by atoms with Crippen LogP contribution in [0.25, 0.3) is 11.0 Å². The van der Waals surface area contributed by atoms with E-state index >= 15 is 0 Å². The maximum atomic E-state index is 13.4. The van der Waals surface area contributed by atoms with E-state index in [1.165, 1.54) is 6.07 Å². The first-order valence-corrected chi connectivity index (χ1v) is 6.78. The zero-order valence-electron chi connectivity index (χ0n) is 10.6. The van der Waals surface area contributed by atoms with E-state index < -0.39 is 5.82 Å². The molecule has 2 aromatic rings. The standard InChI is InChI=1S/C13H16ClFN2S/c1-7(2)4-8(3)17-12-5-9(14)10(15)6-11(12)16-13(17)18/h5-8H,4H2,1-3H3,(H,16,18). The summed E-state index contributed by atoms with van der Waals surface area (Å²) in [7, 11) is 0. The van der Waals surface area contributed by atoms with Crippen LogP contribution >= 0.6 is 23.8 Å². The number of nitrogens with one attached hydrogen (secondary N) is 1. The lowest BCUT2D eigenvalue weighted by atomic mass is 10.1. The van der Waals surface area contributed by atoms with Crippen LogP contribution in [0.5, 0.6) is 0 Å². The number of halogens is 2. The molecule has 0 amide bonds. The Morgan fingerprint density at radius 3 is 2.67 bits per heavy atom. The summed E-state index contributed by atoms with van der Waals surface area (Å²) in [4.78, 5) is 3.03. The number of fused-ring (bicyclic) bond motifs is 1. The average Bonchev–Trinajstić information content (AvgIpc) is 2.53. The highest BCUT2D eigenvalue weighted by Gasteiger charge is 2.14. The molecule has 0 aliphatic rings. The third-order valence-electron chi connectivity index (χ3n) is 3.01. The lowest BCUT2D eigenvalue weighted by Gasteiger charge is -2.16. The van der Waals surface area contributed by atoms with Crippen molar-refractivity contribution in [3.8, 4) is 0 Å². The average molecular weight is 287 g/mol. The number of aromatic amines is 1. The van der Waals surface area contributed by atoms with Crippen LogP contribution in [0.15, 0.2) is 12.1 Å². The first-order chi connectivity index (χ1) is 8.40.